The molecule has 0 saturated carbocycles. The van der Waals surface area contributed by atoms with Crippen molar-refractivity contribution in [3.63, 3.8) is 0 Å². The Bertz CT molecular complexity index is 202. The number of nitrogens with zero attached hydrogens (tertiary/aromatic N) is 1. The van der Waals surface area contributed by atoms with Gasteiger partial charge in [0.15, 0.2) is 0 Å². The summed E-state index contributed by atoms with van der Waals surface area (Å²) < 4.78 is 4.78. The molecule has 0 aliphatic carbocycles. The van der Waals surface area contributed by atoms with E-state index in [4.69, 9.17) is 4.74 Å². The van der Waals surface area contributed by atoms with Crippen molar-refractivity contribution >= 4 is 11.9 Å². The van der Waals surface area contributed by atoms with Gasteiger partial charge >= 0.3 is 5.97 Å². The van der Waals surface area contributed by atoms with Gasteiger partial charge in [-0.1, -0.05) is 6.92 Å². The van der Waals surface area contributed by atoms with Crippen LogP contribution in [0, 0.1) is 0 Å². The molecule has 0 bridgehead atoms. The lowest BCUT2D eigenvalue weighted by molar-refractivity contribution is -0.150. The van der Waals surface area contributed by atoms with Crippen LogP contribution in [0.25, 0.3) is 0 Å². The Labute approximate surface area is 85.2 Å². The number of carbonyl (C=O) groups excluding carboxylic acids is 2. The van der Waals surface area contributed by atoms with Crippen LogP contribution in [-0.2, 0) is 14.3 Å². The summed E-state index contributed by atoms with van der Waals surface area (Å²) in [4.78, 5) is 24.1. The summed E-state index contributed by atoms with van der Waals surface area (Å²) in [7, 11) is 0. The van der Waals surface area contributed by atoms with Crippen molar-refractivity contribution in [1.29, 1.82) is 0 Å². The molecule has 0 aliphatic rings. The van der Waals surface area contributed by atoms with Gasteiger partial charge in [-0.2, -0.15) is 0 Å². The van der Waals surface area contributed by atoms with E-state index >= 15 is 0 Å². The summed E-state index contributed by atoms with van der Waals surface area (Å²) >= 11 is 0. The van der Waals surface area contributed by atoms with E-state index in [-0.39, 0.29) is 24.5 Å². The third kappa shape index (κ3) is 4.25. The average Bonchev–Trinajstić information content (AvgIpc) is 2.13. The molecule has 0 heterocycles. The lowest BCUT2D eigenvalue weighted by atomic mass is 10.3. The third-order valence-corrected chi connectivity index (χ3v) is 1.85. The number of ether oxygens (including phenoxy) is 1. The Morgan fingerprint density at radius 1 is 1.29 bits per heavy atom. The zero-order valence-corrected chi connectivity index (χ0v) is 9.37. The topological polar surface area (TPSA) is 46.6 Å². The second kappa shape index (κ2) is 6.40. The van der Waals surface area contributed by atoms with Crippen molar-refractivity contribution in [3.05, 3.63) is 0 Å². The summed E-state index contributed by atoms with van der Waals surface area (Å²) in [5, 5.41) is 0. The molecule has 82 valence electrons. The second-order valence-electron chi connectivity index (χ2n) is 3.27. The van der Waals surface area contributed by atoms with Gasteiger partial charge in [-0.05, 0) is 20.8 Å². The number of amides is 1. The molecule has 0 radical (unpaired) electrons. The molecule has 0 spiro atoms. The zero-order valence-electron chi connectivity index (χ0n) is 9.37. The van der Waals surface area contributed by atoms with Gasteiger partial charge in [-0.3, -0.25) is 9.59 Å². The first-order valence-corrected chi connectivity index (χ1v) is 4.98. The molecule has 4 nitrogen and oxygen atoms in total. The predicted octanol–water partition coefficient (Wildman–Crippen LogP) is 1.20. The Kier molecular flexibility index (Phi) is 5.92. The van der Waals surface area contributed by atoms with E-state index in [1.54, 1.807) is 13.8 Å². The highest BCUT2D eigenvalue weighted by Gasteiger charge is 2.18. The van der Waals surface area contributed by atoms with Crippen molar-refractivity contribution in [3.8, 4) is 0 Å². The molecule has 0 unspecified atom stereocenters. The molecule has 14 heavy (non-hydrogen) atoms. The first-order valence-electron chi connectivity index (χ1n) is 4.98. The Balaban J connectivity index is 4.23. The minimum Gasteiger partial charge on any atom is -0.465 e. The number of hydrogen-bond donors (Lipinski definition) is 0. The molecular weight excluding hydrogens is 182 g/mol. The van der Waals surface area contributed by atoms with Crippen molar-refractivity contribution in [2.45, 2.75) is 40.2 Å². The standard InChI is InChI=1S/C10H19NO3/c1-5-9(12)11(8(3)4)7-10(13)14-6-2/h8H,5-7H2,1-4H3. The van der Waals surface area contributed by atoms with Crippen LogP contribution in [-0.4, -0.2) is 36.0 Å². The van der Waals surface area contributed by atoms with Crippen LogP contribution >= 0.6 is 0 Å². The first kappa shape index (κ1) is 12.9. The van der Waals surface area contributed by atoms with Crippen LogP contribution in [0.3, 0.4) is 0 Å². The molecule has 0 aromatic rings. The fourth-order valence-electron chi connectivity index (χ4n) is 1.11. The number of esters is 1. The van der Waals surface area contributed by atoms with Gasteiger partial charge in [0.2, 0.25) is 5.91 Å². The van der Waals surface area contributed by atoms with E-state index in [2.05, 4.69) is 0 Å². The van der Waals surface area contributed by atoms with Crippen LogP contribution in [0.2, 0.25) is 0 Å². The molecule has 0 fully saturated rings. The van der Waals surface area contributed by atoms with E-state index < -0.39 is 0 Å². The number of carbonyl (C=O) groups is 2. The normalized spacial score (nSPS) is 10.1. The Hall–Kier alpha value is -1.06. The van der Waals surface area contributed by atoms with Gasteiger partial charge in [-0.15, -0.1) is 0 Å². The summed E-state index contributed by atoms with van der Waals surface area (Å²) in [5.41, 5.74) is 0. The molecule has 0 rings (SSSR count). The average molecular weight is 201 g/mol. The second-order valence-corrected chi connectivity index (χ2v) is 3.27. The van der Waals surface area contributed by atoms with Crippen molar-refractivity contribution in [1.82, 2.24) is 4.90 Å². The highest BCUT2D eigenvalue weighted by molar-refractivity contribution is 5.82. The lowest BCUT2D eigenvalue weighted by Crippen LogP contribution is -2.40. The molecule has 0 aromatic heterocycles. The predicted molar refractivity (Wildman–Crippen MR) is 53.8 cm³/mol. The van der Waals surface area contributed by atoms with Gasteiger partial charge in [-0.25, -0.2) is 0 Å². The minimum atomic E-state index is -0.344. The fraction of sp³-hybridized carbons (Fsp3) is 0.800. The van der Waals surface area contributed by atoms with Crippen LogP contribution in [0.1, 0.15) is 34.1 Å². The number of hydrogen-bond acceptors (Lipinski definition) is 3. The first-order chi connectivity index (χ1) is 6.52. The summed E-state index contributed by atoms with van der Waals surface area (Å²) in [6, 6.07) is 0.0341. The van der Waals surface area contributed by atoms with E-state index in [1.165, 1.54) is 4.90 Å². The Morgan fingerprint density at radius 2 is 1.86 bits per heavy atom. The van der Waals surface area contributed by atoms with Gasteiger partial charge in [0.25, 0.3) is 0 Å². The maximum atomic E-state index is 11.4. The highest BCUT2D eigenvalue weighted by Crippen LogP contribution is 2.01. The maximum absolute atomic E-state index is 11.4. The highest BCUT2D eigenvalue weighted by atomic mass is 16.5. The minimum absolute atomic E-state index is 0.0203. The molecule has 0 saturated heterocycles. The molecule has 0 aliphatic heterocycles. The van der Waals surface area contributed by atoms with Gasteiger partial charge in [0.05, 0.1) is 6.61 Å². The quantitative estimate of drug-likeness (QED) is 0.628. The number of rotatable bonds is 5. The van der Waals surface area contributed by atoms with E-state index in [0.29, 0.717) is 13.0 Å². The van der Waals surface area contributed by atoms with Crippen LogP contribution in [0.5, 0.6) is 0 Å². The molecule has 4 heteroatoms. The maximum Gasteiger partial charge on any atom is 0.325 e. The molecule has 0 atom stereocenters. The molecular formula is C10H19NO3. The summed E-state index contributed by atoms with van der Waals surface area (Å²) in [6.45, 7) is 7.70. The van der Waals surface area contributed by atoms with Crippen LogP contribution in [0.15, 0.2) is 0 Å². The summed E-state index contributed by atoms with van der Waals surface area (Å²) in [6.07, 6.45) is 0.414. The van der Waals surface area contributed by atoms with E-state index in [1.807, 2.05) is 13.8 Å². The van der Waals surface area contributed by atoms with Gasteiger partial charge < -0.3 is 9.64 Å². The van der Waals surface area contributed by atoms with Crippen molar-refractivity contribution in [2.24, 2.45) is 0 Å². The third-order valence-electron chi connectivity index (χ3n) is 1.85. The van der Waals surface area contributed by atoms with E-state index in [9.17, 15) is 9.59 Å². The largest absolute Gasteiger partial charge is 0.465 e. The van der Waals surface area contributed by atoms with Gasteiger partial charge in [0.1, 0.15) is 6.54 Å². The lowest BCUT2D eigenvalue weighted by Gasteiger charge is -2.25. The van der Waals surface area contributed by atoms with E-state index in [0.717, 1.165) is 0 Å². The van der Waals surface area contributed by atoms with Gasteiger partial charge in [0, 0.05) is 12.5 Å². The summed E-state index contributed by atoms with van der Waals surface area (Å²) in [5.74, 6) is -0.365. The monoisotopic (exact) mass is 201 g/mol. The Morgan fingerprint density at radius 3 is 2.21 bits per heavy atom. The smallest absolute Gasteiger partial charge is 0.325 e. The van der Waals surface area contributed by atoms with Crippen molar-refractivity contribution < 1.29 is 14.3 Å². The van der Waals surface area contributed by atoms with Crippen LogP contribution < -0.4 is 0 Å². The SMILES string of the molecule is CCOC(=O)CN(C(=O)CC)C(C)C. The molecule has 0 aromatic carbocycles. The zero-order chi connectivity index (χ0) is 11.1. The fourth-order valence-corrected chi connectivity index (χ4v) is 1.11. The van der Waals surface area contributed by atoms with Crippen LogP contribution in [0.4, 0.5) is 0 Å². The van der Waals surface area contributed by atoms with Crippen molar-refractivity contribution in [2.75, 3.05) is 13.2 Å². The molecule has 1 amide bonds. The molecule has 0 N–H and O–H groups in total.